The maximum absolute atomic E-state index is 12.2. The molecule has 0 spiro atoms. The van der Waals surface area contributed by atoms with E-state index in [9.17, 15) is 4.79 Å². The highest BCUT2D eigenvalue weighted by molar-refractivity contribution is 9.10. The third-order valence-corrected chi connectivity index (χ3v) is 3.81. The summed E-state index contributed by atoms with van der Waals surface area (Å²) in [6.07, 6.45) is 6.85. The zero-order valence-corrected chi connectivity index (χ0v) is 14.1. The highest BCUT2D eigenvalue weighted by Crippen LogP contribution is 2.16. The van der Waals surface area contributed by atoms with E-state index >= 15 is 0 Å². The van der Waals surface area contributed by atoms with Gasteiger partial charge in [0.15, 0.2) is 12.4 Å². The first-order valence-electron chi connectivity index (χ1n) is 7.12. The number of ether oxygens (including phenoxy) is 1. The Morgan fingerprint density at radius 1 is 1.29 bits per heavy atom. The Labute approximate surface area is 146 Å². The first-order valence-corrected chi connectivity index (χ1v) is 7.91. The lowest BCUT2D eigenvalue weighted by Gasteiger charge is -2.02. The van der Waals surface area contributed by atoms with E-state index in [-0.39, 0.29) is 12.4 Å². The van der Waals surface area contributed by atoms with Crippen molar-refractivity contribution in [1.29, 1.82) is 5.26 Å². The van der Waals surface area contributed by atoms with Crippen molar-refractivity contribution in [3.8, 4) is 11.8 Å². The van der Waals surface area contributed by atoms with Crippen LogP contribution in [0.15, 0.2) is 59.3 Å². The molecule has 2 heterocycles. The lowest BCUT2D eigenvalue weighted by atomic mass is 10.1. The predicted molar refractivity (Wildman–Crippen MR) is 93.8 cm³/mol. The lowest BCUT2D eigenvalue weighted by molar-refractivity contribution is 0.104. The number of ketones is 1. The van der Waals surface area contributed by atoms with E-state index in [1.54, 1.807) is 36.5 Å². The normalized spacial score (nSPS) is 10.8. The quantitative estimate of drug-likeness (QED) is 0.496. The number of carbonyl (C=O) groups excluding carboxylic acids is 1. The van der Waals surface area contributed by atoms with Crippen molar-refractivity contribution in [1.82, 2.24) is 9.38 Å². The lowest BCUT2D eigenvalue weighted by Crippen LogP contribution is -1.97. The maximum atomic E-state index is 12.2. The van der Waals surface area contributed by atoms with Crippen molar-refractivity contribution in [3.63, 3.8) is 0 Å². The zero-order chi connectivity index (χ0) is 16.9. The molecular formula is C18H12BrN3O2. The van der Waals surface area contributed by atoms with Gasteiger partial charge in [0.25, 0.3) is 0 Å². The molecule has 0 bridgehead atoms. The second kappa shape index (κ2) is 7.11. The Hall–Kier alpha value is -2.91. The number of fused-ring (bicyclic) bond motifs is 1. The first kappa shape index (κ1) is 16.0. The van der Waals surface area contributed by atoms with Gasteiger partial charge >= 0.3 is 0 Å². The van der Waals surface area contributed by atoms with Gasteiger partial charge in [0.05, 0.1) is 11.9 Å². The minimum Gasteiger partial charge on any atom is -0.479 e. The standard InChI is InChI=1S/C18H12BrN3O2/c19-14-3-8-18-21-11-15(22(18)12-14)4-7-17(23)13-1-5-16(6-2-13)24-10-9-20/h1-8,11-12H,10H2/b7-4+. The summed E-state index contributed by atoms with van der Waals surface area (Å²) in [5.74, 6) is 0.440. The fourth-order valence-electron chi connectivity index (χ4n) is 2.19. The molecule has 0 aliphatic heterocycles. The number of allylic oxidation sites excluding steroid dienone is 1. The highest BCUT2D eigenvalue weighted by atomic mass is 79.9. The number of aromatic nitrogens is 2. The molecule has 5 nitrogen and oxygen atoms in total. The maximum Gasteiger partial charge on any atom is 0.185 e. The molecule has 0 fully saturated rings. The van der Waals surface area contributed by atoms with Crippen LogP contribution in [0.3, 0.4) is 0 Å². The van der Waals surface area contributed by atoms with Crippen molar-refractivity contribution in [3.05, 3.63) is 70.6 Å². The summed E-state index contributed by atoms with van der Waals surface area (Å²) >= 11 is 3.42. The van der Waals surface area contributed by atoms with E-state index in [1.807, 2.05) is 28.8 Å². The van der Waals surface area contributed by atoms with Crippen LogP contribution >= 0.6 is 15.9 Å². The van der Waals surface area contributed by atoms with Crippen molar-refractivity contribution in [2.75, 3.05) is 6.61 Å². The van der Waals surface area contributed by atoms with Crippen molar-refractivity contribution < 1.29 is 9.53 Å². The van der Waals surface area contributed by atoms with Gasteiger partial charge in [-0.2, -0.15) is 5.26 Å². The van der Waals surface area contributed by atoms with Gasteiger partial charge < -0.3 is 4.74 Å². The van der Waals surface area contributed by atoms with E-state index < -0.39 is 0 Å². The number of carbonyl (C=O) groups is 1. The molecule has 118 valence electrons. The Bertz CT molecular complexity index is 953. The van der Waals surface area contributed by atoms with Crippen LogP contribution < -0.4 is 4.74 Å². The van der Waals surface area contributed by atoms with Gasteiger partial charge in [-0.15, -0.1) is 0 Å². The number of nitrogens with zero attached hydrogens (tertiary/aromatic N) is 3. The van der Waals surface area contributed by atoms with Gasteiger partial charge in [-0.1, -0.05) is 0 Å². The van der Waals surface area contributed by atoms with Crippen LogP contribution in [0.4, 0.5) is 0 Å². The Kier molecular flexibility index (Phi) is 4.73. The Balaban J connectivity index is 1.77. The van der Waals surface area contributed by atoms with Crippen LogP contribution in [0.2, 0.25) is 0 Å². The summed E-state index contributed by atoms with van der Waals surface area (Å²) in [4.78, 5) is 16.5. The molecule has 0 amide bonds. The fourth-order valence-corrected chi connectivity index (χ4v) is 2.52. The van der Waals surface area contributed by atoms with Crippen molar-refractivity contribution in [2.24, 2.45) is 0 Å². The molecule has 0 aliphatic carbocycles. The second-order valence-electron chi connectivity index (χ2n) is 4.93. The van der Waals surface area contributed by atoms with Crippen LogP contribution in [0.25, 0.3) is 11.7 Å². The van der Waals surface area contributed by atoms with Gasteiger partial charge in [-0.25, -0.2) is 4.98 Å². The molecule has 24 heavy (non-hydrogen) atoms. The summed E-state index contributed by atoms with van der Waals surface area (Å²) in [5, 5.41) is 8.47. The predicted octanol–water partition coefficient (Wildman–Crippen LogP) is 3.90. The molecule has 1 aromatic carbocycles. The summed E-state index contributed by atoms with van der Waals surface area (Å²) in [6, 6.07) is 12.4. The molecule has 0 saturated heterocycles. The summed E-state index contributed by atoms with van der Waals surface area (Å²) in [7, 11) is 0. The number of benzene rings is 1. The topological polar surface area (TPSA) is 67.4 Å². The molecule has 0 radical (unpaired) electrons. The second-order valence-corrected chi connectivity index (χ2v) is 5.84. The van der Waals surface area contributed by atoms with Crippen LogP contribution in [0.5, 0.6) is 5.75 Å². The van der Waals surface area contributed by atoms with Crippen LogP contribution in [-0.2, 0) is 0 Å². The van der Waals surface area contributed by atoms with Crippen LogP contribution in [0.1, 0.15) is 16.1 Å². The average Bonchev–Trinajstić information content (AvgIpc) is 3.00. The monoisotopic (exact) mass is 381 g/mol. The van der Waals surface area contributed by atoms with Gasteiger partial charge in [0, 0.05) is 16.2 Å². The van der Waals surface area contributed by atoms with E-state index in [1.165, 1.54) is 6.08 Å². The highest BCUT2D eigenvalue weighted by Gasteiger charge is 2.04. The molecule has 3 rings (SSSR count). The van der Waals surface area contributed by atoms with E-state index in [4.69, 9.17) is 10.00 Å². The molecular weight excluding hydrogens is 370 g/mol. The number of nitriles is 1. The molecule has 0 aliphatic rings. The van der Waals surface area contributed by atoms with E-state index in [0.29, 0.717) is 11.3 Å². The van der Waals surface area contributed by atoms with Gasteiger partial charge in [0.2, 0.25) is 0 Å². The average molecular weight is 382 g/mol. The van der Waals surface area contributed by atoms with E-state index in [2.05, 4.69) is 20.9 Å². The smallest absolute Gasteiger partial charge is 0.185 e. The third-order valence-electron chi connectivity index (χ3n) is 3.35. The number of hydrogen-bond donors (Lipinski definition) is 0. The molecule has 6 heteroatoms. The molecule has 0 atom stereocenters. The largest absolute Gasteiger partial charge is 0.479 e. The Morgan fingerprint density at radius 2 is 2.08 bits per heavy atom. The molecule has 0 unspecified atom stereocenters. The van der Waals surface area contributed by atoms with Crippen LogP contribution in [-0.4, -0.2) is 21.8 Å². The fraction of sp³-hybridized carbons (Fsp3) is 0.0556. The first-order chi connectivity index (χ1) is 11.7. The van der Waals surface area contributed by atoms with Crippen molar-refractivity contribution >= 4 is 33.4 Å². The van der Waals surface area contributed by atoms with Gasteiger partial charge in [-0.3, -0.25) is 9.20 Å². The number of imidazole rings is 1. The number of rotatable bonds is 5. The minimum atomic E-state index is -0.119. The molecule has 3 aromatic rings. The van der Waals surface area contributed by atoms with Gasteiger partial charge in [0.1, 0.15) is 17.5 Å². The summed E-state index contributed by atoms with van der Waals surface area (Å²) in [6.45, 7) is -0.0168. The van der Waals surface area contributed by atoms with Crippen LogP contribution in [0, 0.1) is 11.3 Å². The molecule has 0 N–H and O–H groups in total. The number of hydrogen-bond acceptors (Lipinski definition) is 4. The molecule has 0 saturated carbocycles. The SMILES string of the molecule is N#CCOc1ccc(C(=O)/C=C/c2cnc3ccc(Br)cn23)cc1. The summed E-state index contributed by atoms with van der Waals surface area (Å²) < 4.78 is 7.99. The van der Waals surface area contributed by atoms with Gasteiger partial charge in [-0.05, 0) is 64.5 Å². The number of halogens is 1. The minimum absolute atomic E-state index is 0.0168. The third kappa shape index (κ3) is 3.53. The van der Waals surface area contributed by atoms with Crippen molar-refractivity contribution in [2.45, 2.75) is 0 Å². The van der Waals surface area contributed by atoms with E-state index in [0.717, 1.165) is 15.8 Å². The number of pyridine rings is 1. The Morgan fingerprint density at radius 3 is 2.83 bits per heavy atom. The zero-order valence-electron chi connectivity index (χ0n) is 12.5. The molecule has 2 aromatic heterocycles. The summed E-state index contributed by atoms with van der Waals surface area (Å²) in [5.41, 5.74) is 2.17.